The van der Waals surface area contributed by atoms with Crippen LogP contribution in [-0.2, 0) is 11.3 Å². The molecule has 0 radical (unpaired) electrons. The lowest BCUT2D eigenvalue weighted by Gasteiger charge is -2.11. The second-order valence-electron chi connectivity index (χ2n) is 5.83. The van der Waals surface area contributed by atoms with E-state index in [0.29, 0.717) is 27.9 Å². The summed E-state index contributed by atoms with van der Waals surface area (Å²) < 4.78 is 8.15. The molecule has 4 heterocycles. The number of nitrogens with zero attached hydrogens (tertiary/aromatic N) is 4. The van der Waals surface area contributed by atoms with E-state index >= 15 is 0 Å². The van der Waals surface area contributed by atoms with Crippen molar-refractivity contribution < 1.29 is 4.74 Å². The van der Waals surface area contributed by atoms with Gasteiger partial charge >= 0.3 is 0 Å². The third-order valence-corrected chi connectivity index (χ3v) is 5.16. The van der Waals surface area contributed by atoms with Crippen LogP contribution in [0.3, 0.4) is 0 Å². The Bertz CT molecular complexity index is 895. The molecule has 1 fully saturated rings. The number of nitrogen functional groups attached to an aromatic ring is 1. The highest BCUT2D eigenvalue weighted by Crippen LogP contribution is 2.28. The first-order valence-electron chi connectivity index (χ1n) is 8.00. The van der Waals surface area contributed by atoms with Crippen molar-refractivity contribution in [3.63, 3.8) is 0 Å². The molecule has 1 saturated heterocycles. The lowest BCUT2D eigenvalue weighted by Crippen LogP contribution is -2.08. The van der Waals surface area contributed by atoms with Crippen molar-refractivity contribution in [3.05, 3.63) is 16.3 Å². The number of fused-ring (bicyclic) bond motifs is 1. The SMILES string of the molecule is Nc1[nH]c(=S)nc2c1nc(-c1nccs1)n2CCCC1CCCO1. The Hall–Kier alpha value is -1.84. The molecule has 9 heteroatoms. The van der Waals surface area contributed by atoms with Gasteiger partial charge in [-0.15, -0.1) is 11.3 Å². The largest absolute Gasteiger partial charge is 0.383 e. The number of ether oxygens (including phenoxy) is 1. The van der Waals surface area contributed by atoms with Crippen molar-refractivity contribution in [1.29, 1.82) is 0 Å². The summed E-state index contributed by atoms with van der Waals surface area (Å²) >= 11 is 6.73. The lowest BCUT2D eigenvalue weighted by molar-refractivity contribution is 0.101. The Morgan fingerprint density at radius 2 is 2.38 bits per heavy atom. The van der Waals surface area contributed by atoms with Crippen molar-refractivity contribution >= 4 is 40.5 Å². The summed E-state index contributed by atoms with van der Waals surface area (Å²) in [6.07, 6.45) is 6.49. The highest BCUT2D eigenvalue weighted by atomic mass is 32.1. The van der Waals surface area contributed by atoms with Gasteiger partial charge in [0.15, 0.2) is 21.3 Å². The molecule has 3 aromatic rings. The molecule has 1 unspecified atom stereocenters. The minimum atomic E-state index is 0.367. The third kappa shape index (κ3) is 2.94. The molecular weight excluding hydrogens is 344 g/mol. The molecule has 0 bridgehead atoms. The first-order chi connectivity index (χ1) is 11.7. The van der Waals surface area contributed by atoms with Crippen LogP contribution in [0, 0.1) is 4.77 Å². The van der Waals surface area contributed by atoms with Crippen LogP contribution in [0.4, 0.5) is 5.82 Å². The molecule has 0 aromatic carbocycles. The number of nitrogens with one attached hydrogen (secondary N) is 1. The van der Waals surface area contributed by atoms with Crippen LogP contribution >= 0.6 is 23.6 Å². The quantitative estimate of drug-likeness (QED) is 0.677. The summed E-state index contributed by atoms with van der Waals surface area (Å²) in [4.78, 5) is 16.4. The first-order valence-corrected chi connectivity index (χ1v) is 9.28. The summed E-state index contributed by atoms with van der Waals surface area (Å²) in [5, 5.41) is 2.79. The number of hydrogen-bond donors (Lipinski definition) is 2. The number of anilines is 1. The molecule has 4 rings (SSSR count). The highest BCUT2D eigenvalue weighted by molar-refractivity contribution is 7.71. The average molecular weight is 362 g/mol. The summed E-state index contributed by atoms with van der Waals surface area (Å²) in [5.41, 5.74) is 7.41. The van der Waals surface area contributed by atoms with E-state index in [2.05, 4.69) is 24.5 Å². The van der Waals surface area contributed by atoms with Gasteiger partial charge in [0, 0.05) is 24.7 Å². The minimum absolute atomic E-state index is 0.367. The summed E-state index contributed by atoms with van der Waals surface area (Å²) in [6.45, 7) is 1.67. The highest BCUT2D eigenvalue weighted by Gasteiger charge is 2.19. The van der Waals surface area contributed by atoms with E-state index in [-0.39, 0.29) is 0 Å². The third-order valence-electron chi connectivity index (χ3n) is 4.20. The Balaban J connectivity index is 1.70. The second kappa shape index (κ2) is 6.58. The second-order valence-corrected chi connectivity index (χ2v) is 7.11. The fourth-order valence-corrected chi connectivity index (χ4v) is 3.92. The van der Waals surface area contributed by atoms with Crippen LogP contribution in [0.2, 0.25) is 0 Å². The van der Waals surface area contributed by atoms with Gasteiger partial charge in [-0.1, -0.05) is 0 Å². The predicted octanol–water partition coefficient (Wildman–Crippen LogP) is 3.15. The van der Waals surface area contributed by atoms with E-state index in [4.69, 9.17) is 22.7 Å². The molecular formula is C15H18N6OS2. The summed E-state index contributed by atoms with van der Waals surface area (Å²) in [6, 6.07) is 0. The number of H-pyrrole nitrogens is 1. The van der Waals surface area contributed by atoms with Crippen molar-refractivity contribution in [2.24, 2.45) is 0 Å². The number of imidazole rings is 1. The van der Waals surface area contributed by atoms with Crippen molar-refractivity contribution in [3.8, 4) is 10.8 Å². The van der Waals surface area contributed by atoms with Gasteiger partial charge in [-0.3, -0.25) is 0 Å². The number of aromatic nitrogens is 5. The maximum atomic E-state index is 6.05. The molecule has 1 aliphatic heterocycles. The van der Waals surface area contributed by atoms with E-state index < -0.39 is 0 Å². The molecule has 126 valence electrons. The van der Waals surface area contributed by atoms with Crippen LogP contribution in [0.5, 0.6) is 0 Å². The predicted molar refractivity (Wildman–Crippen MR) is 96.4 cm³/mol. The summed E-state index contributed by atoms with van der Waals surface area (Å²) in [5.74, 6) is 1.24. The molecule has 1 aliphatic rings. The van der Waals surface area contributed by atoms with Crippen molar-refractivity contribution in [2.45, 2.75) is 38.3 Å². The standard InChI is InChI=1S/C15H18N6OS2/c16-11-10-12(20-15(23)19-11)21(6-1-3-9-4-2-7-22-9)13(18-10)14-17-5-8-24-14/h5,8-9H,1-4,6-7H2,(H3,16,19,20,23). The Labute approximate surface area is 147 Å². The van der Waals surface area contributed by atoms with Gasteiger partial charge in [0.1, 0.15) is 11.3 Å². The van der Waals surface area contributed by atoms with Gasteiger partial charge in [0.25, 0.3) is 0 Å². The smallest absolute Gasteiger partial charge is 0.200 e. The number of nitrogens with two attached hydrogens (primary N) is 1. The van der Waals surface area contributed by atoms with Gasteiger partial charge in [0.2, 0.25) is 0 Å². The van der Waals surface area contributed by atoms with Crippen LogP contribution in [0.1, 0.15) is 25.7 Å². The fourth-order valence-electron chi connectivity index (χ4n) is 3.09. The van der Waals surface area contributed by atoms with Gasteiger partial charge in [-0.2, -0.15) is 4.98 Å². The summed E-state index contributed by atoms with van der Waals surface area (Å²) in [7, 11) is 0. The minimum Gasteiger partial charge on any atom is -0.383 e. The van der Waals surface area contributed by atoms with Crippen molar-refractivity contribution in [2.75, 3.05) is 12.3 Å². The number of aromatic amines is 1. The Morgan fingerprint density at radius 1 is 1.46 bits per heavy atom. The zero-order valence-electron chi connectivity index (χ0n) is 13.1. The number of thiazole rings is 1. The van der Waals surface area contributed by atoms with Gasteiger partial charge in [0.05, 0.1) is 6.10 Å². The lowest BCUT2D eigenvalue weighted by atomic mass is 10.1. The molecule has 3 aromatic heterocycles. The average Bonchev–Trinajstić information content (AvgIpc) is 3.27. The molecule has 7 nitrogen and oxygen atoms in total. The Morgan fingerprint density at radius 3 is 3.12 bits per heavy atom. The normalized spacial score (nSPS) is 17.8. The van der Waals surface area contributed by atoms with E-state index in [1.165, 1.54) is 0 Å². The van der Waals surface area contributed by atoms with Crippen molar-refractivity contribution in [1.82, 2.24) is 24.5 Å². The first kappa shape index (κ1) is 15.7. The molecule has 1 atom stereocenters. The van der Waals surface area contributed by atoms with Crippen LogP contribution in [-0.4, -0.2) is 37.2 Å². The maximum Gasteiger partial charge on any atom is 0.200 e. The molecule has 0 amide bonds. The van der Waals surface area contributed by atoms with E-state index in [1.54, 1.807) is 17.5 Å². The molecule has 24 heavy (non-hydrogen) atoms. The Kier molecular flexibility index (Phi) is 4.30. The topological polar surface area (TPSA) is 94.6 Å². The molecule has 0 aliphatic carbocycles. The van der Waals surface area contributed by atoms with Crippen LogP contribution < -0.4 is 5.73 Å². The van der Waals surface area contributed by atoms with E-state index in [9.17, 15) is 0 Å². The van der Waals surface area contributed by atoms with E-state index in [1.807, 2.05) is 5.38 Å². The van der Waals surface area contributed by atoms with Gasteiger partial charge in [-0.25, -0.2) is 9.97 Å². The zero-order chi connectivity index (χ0) is 16.5. The van der Waals surface area contributed by atoms with Gasteiger partial charge < -0.3 is 20.0 Å². The molecule has 0 spiro atoms. The van der Waals surface area contributed by atoms with E-state index in [0.717, 1.165) is 49.7 Å². The number of rotatable bonds is 5. The maximum absolute atomic E-state index is 6.05. The molecule has 0 saturated carbocycles. The van der Waals surface area contributed by atoms with Gasteiger partial charge in [-0.05, 0) is 37.9 Å². The molecule has 3 N–H and O–H groups in total. The van der Waals surface area contributed by atoms with Crippen LogP contribution in [0.15, 0.2) is 11.6 Å². The zero-order valence-corrected chi connectivity index (χ0v) is 14.7. The fraction of sp³-hybridized carbons (Fsp3) is 0.467. The van der Waals surface area contributed by atoms with Crippen LogP contribution in [0.25, 0.3) is 22.0 Å². The number of aryl methyl sites for hydroxylation is 1. The number of hydrogen-bond acceptors (Lipinski definition) is 7. The monoisotopic (exact) mass is 362 g/mol.